The minimum Gasteiger partial charge on any atom is -0.510 e. The van der Waals surface area contributed by atoms with Crippen molar-refractivity contribution >= 4 is 17.5 Å². The standard InChI is InChI=1S/C22H24FN3O7/c1-26(2)16-10-4-7-3-9-13(11(27)5-8(6-24)15(9)23)17(28)12(7)19(30)22(10,33)20(31)14(18(16)29)21(25)32/h5,7,10,16,27,29-30,33H,3-4,6,24H2,1-2H3,(H2,25,32)/t7-,10-,16-,22-/m0/s1. The average Bonchev–Trinajstić information content (AvgIpc) is 2.72. The Morgan fingerprint density at radius 1 is 1.27 bits per heavy atom. The summed E-state index contributed by atoms with van der Waals surface area (Å²) in [5.41, 5.74) is 6.40. The van der Waals surface area contributed by atoms with E-state index in [4.69, 9.17) is 11.5 Å². The number of nitrogens with zero attached hydrogens (tertiary/aromatic N) is 1. The molecule has 0 saturated carbocycles. The molecule has 0 spiro atoms. The molecule has 0 bridgehead atoms. The molecule has 1 aromatic rings. The number of hydrogen-bond acceptors (Lipinski definition) is 9. The maximum absolute atomic E-state index is 15.0. The normalized spacial score (nSPS) is 29.2. The number of carbonyl (C=O) groups is 3. The number of aliphatic hydroxyl groups excluding tert-OH is 2. The van der Waals surface area contributed by atoms with Gasteiger partial charge in [-0.05, 0) is 38.9 Å². The number of halogens is 1. The largest absolute Gasteiger partial charge is 0.510 e. The predicted molar refractivity (Wildman–Crippen MR) is 112 cm³/mol. The van der Waals surface area contributed by atoms with Gasteiger partial charge in [0.2, 0.25) is 5.78 Å². The minimum atomic E-state index is -2.73. The Morgan fingerprint density at radius 3 is 2.45 bits per heavy atom. The number of phenols is 1. The number of primary amides is 1. The number of aliphatic hydroxyl groups is 3. The van der Waals surface area contributed by atoms with Gasteiger partial charge in [0.25, 0.3) is 5.91 Å². The predicted octanol–water partition coefficient (Wildman–Crippen LogP) is -0.282. The maximum Gasteiger partial charge on any atom is 0.255 e. The number of Topliss-reactive ketones (excluding diaryl/α,β-unsaturated/α-hetero) is 2. The molecule has 0 heterocycles. The van der Waals surface area contributed by atoms with Crippen molar-refractivity contribution in [2.24, 2.45) is 23.3 Å². The fourth-order valence-corrected chi connectivity index (χ4v) is 5.50. The molecule has 3 aliphatic carbocycles. The lowest BCUT2D eigenvalue weighted by Gasteiger charge is -2.50. The Balaban J connectivity index is 1.98. The van der Waals surface area contributed by atoms with E-state index in [9.17, 15) is 34.8 Å². The number of likely N-dealkylation sites (N-methyl/N-ethyl adjacent to an activating group) is 1. The monoisotopic (exact) mass is 461 g/mol. The summed E-state index contributed by atoms with van der Waals surface area (Å²) in [7, 11) is 3.05. The van der Waals surface area contributed by atoms with Crippen LogP contribution < -0.4 is 11.5 Å². The number of phenolic OH excluding ortho intramolecular Hbond substituents is 1. The van der Waals surface area contributed by atoms with Gasteiger partial charge in [-0.15, -0.1) is 0 Å². The van der Waals surface area contributed by atoms with Crippen LogP contribution >= 0.6 is 0 Å². The van der Waals surface area contributed by atoms with Crippen LogP contribution in [0.4, 0.5) is 4.39 Å². The Kier molecular flexibility index (Phi) is 5.11. The van der Waals surface area contributed by atoms with Crippen LogP contribution in [-0.4, -0.2) is 68.5 Å². The van der Waals surface area contributed by atoms with E-state index in [0.29, 0.717) is 0 Å². The zero-order valence-corrected chi connectivity index (χ0v) is 17.9. The van der Waals surface area contributed by atoms with Gasteiger partial charge in [0.15, 0.2) is 11.4 Å². The lowest BCUT2D eigenvalue weighted by molar-refractivity contribution is -0.148. The summed E-state index contributed by atoms with van der Waals surface area (Å²) >= 11 is 0. The van der Waals surface area contributed by atoms with E-state index < -0.39 is 69.6 Å². The van der Waals surface area contributed by atoms with Crippen LogP contribution in [0.2, 0.25) is 0 Å². The molecule has 1 amide bonds. The van der Waals surface area contributed by atoms with Crippen LogP contribution in [0.25, 0.3) is 0 Å². The van der Waals surface area contributed by atoms with Gasteiger partial charge in [-0.2, -0.15) is 0 Å². The van der Waals surface area contributed by atoms with Crippen LogP contribution in [0, 0.1) is 17.7 Å². The maximum atomic E-state index is 15.0. The molecular weight excluding hydrogens is 437 g/mol. The number of aromatic hydroxyl groups is 1. The van der Waals surface area contributed by atoms with Crippen LogP contribution in [0.3, 0.4) is 0 Å². The first-order chi connectivity index (χ1) is 15.4. The summed E-state index contributed by atoms with van der Waals surface area (Å²) in [6.45, 7) is -0.215. The summed E-state index contributed by atoms with van der Waals surface area (Å²) in [5, 5.41) is 43.6. The lowest BCUT2D eigenvalue weighted by atomic mass is 9.58. The number of fused-ring (bicyclic) bond motifs is 3. The highest BCUT2D eigenvalue weighted by Crippen LogP contribution is 2.52. The van der Waals surface area contributed by atoms with Gasteiger partial charge in [-0.25, -0.2) is 4.39 Å². The van der Waals surface area contributed by atoms with Gasteiger partial charge >= 0.3 is 0 Å². The molecule has 33 heavy (non-hydrogen) atoms. The lowest BCUT2D eigenvalue weighted by Crippen LogP contribution is -2.63. The zero-order chi connectivity index (χ0) is 24.6. The molecule has 11 heteroatoms. The van der Waals surface area contributed by atoms with E-state index >= 15 is 4.39 Å². The number of carbonyl (C=O) groups excluding carboxylic acids is 3. The first-order valence-electron chi connectivity index (χ1n) is 10.3. The van der Waals surface area contributed by atoms with Crippen LogP contribution in [-0.2, 0) is 22.6 Å². The molecule has 176 valence electrons. The summed E-state index contributed by atoms with van der Waals surface area (Å²) in [5.74, 6) is -8.53. The molecule has 0 aliphatic heterocycles. The fraction of sp³-hybridized carbons (Fsp3) is 0.409. The third-order valence-electron chi connectivity index (χ3n) is 6.95. The summed E-state index contributed by atoms with van der Waals surface area (Å²) in [4.78, 5) is 39.8. The molecule has 0 saturated heterocycles. The molecule has 1 aromatic carbocycles. The summed E-state index contributed by atoms with van der Waals surface area (Å²) in [6.07, 6.45) is -0.236. The van der Waals surface area contributed by atoms with E-state index in [1.807, 2.05) is 0 Å². The number of nitrogens with two attached hydrogens (primary N) is 2. The van der Waals surface area contributed by atoms with Crippen molar-refractivity contribution < 1.29 is 39.2 Å². The van der Waals surface area contributed by atoms with Gasteiger partial charge in [0, 0.05) is 29.2 Å². The first-order valence-corrected chi connectivity index (χ1v) is 10.3. The molecule has 0 aromatic heterocycles. The molecule has 0 unspecified atom stereocenters. The molecule has 0 radical (unpaired) electrons. The van der Waals surface area contributed by atoms with Crippen molar-refractivity contribution in [2.45, 2.75) is 31.0 Å². The smallest absolute Gasteiger partial charge is 0.255 e. The van der Waals surface area contributed by atoms with Gasteiger partial charge in [-0.3, -0.25) is 19.3 Å². The number of hydrogen-bond donors (Lipinski definition) is 6. The molecule has 0 fully saturated rings. The van der Waals surface area contributed by atoms with E-state index in [-0.39, 0.29) is 41.6 Å². The van der Waals surface area contributed by atoms with Crippen LogP contribution in [0.5, 0.6) is 5.75 Å². The average molecular weight is 461 g/mol. The molecular formula is C22H24FN3O7. The summed E-state index contributed by atoms with van der Waals surface area (Å²) < 4.78 is 15.0. The SMILES string of the molecule is CN(C)[C@@H]1C(O)=C(C(N)=O)C(=O)[C@@]2(O)C(O)=C3C(=O)c4c(O)cc(CN)c(F)c4C[C@H]3C[C@@H]12. The van der Waals surface area contributed by atoms with Crippen LogP contribution in [0.1, 0.15) is 27.9 Å². The Labute approximate surface area is 187 Å². The Bertz CT molecular complexity index is 1190. The van der Waals surface area contributed by atoms with Gasteiger partial charge in [0.05, 0.1) is 11.6 Å². The zero-order valence-electron chi connectivity index (χ0n) is 17.9. The first kappa shape index (κ1) is 22.9. The van der Waals surface area contributed by atoms with E-state index in [2.05, 4.69) is 0 Å². The number of ketones is 2. The number of benzene rings is 1. The van der Waals surface area contributed by atoms with Gasteiger partial charge in [-0.1, -0.05) is 0 Å². The summed E-state index contributed by atoms with van der Waals surface area (Å²) in [6, 6.07) is -0.0894. The second-order valence-electron chi connectivity index (χ2n) is 8.89. The van der Waals surface area contributed by atoms with E-state index in [1.165, 1.54) is 19.0 Å². The highest BCUT2D eigenvalue weighted by Gasteiger charge is 2.63. The Morgan fingerprint density at radius 2 is 1.91 bits per heavy atom. The highest BCUT2D eigenvalue weighted by molar-refractivity contribution is 6.24. The topological polar surface area (TPSA) is 187 Å². The van der Waals surface area contributed by atoms with Crippen molar-refractivity contribution in [3.05, 3.63) is 51.2 Å². The molecule has 8 N–H and O–H groups in total. The van der Waals surface area contributed by atoms with Gasteiger partial charge in [0.1, 0.15) is 28.7 Å². The minimum absolute atomic E-state index is 0.00806. The van der Waals surface area contributed by atoms with E-state index in [1.54, 1.807) is 0 Å². The van der Waals surface area contributed by atoms with Crippen molar-refractivity contribution in [1.82, 2.24) is 4.90 Å². The second kappa shape index (κ2) is 7.37. The molecule has 10 nitrogen and oxygen atoms in total. The van der Waals surface area contributed by atoms with Crippen molar-refractivity contribution in [2.75, 3.05) is 14.1 Å². The third-order valence-corrected chi connectivity index (χ3v) is 6.95. The van der Waals surface area contributed by atoms with Crippen molar-refractivity contribution in [3.63, 3.8) is 0 Å². The number of allylic oxidation sites excluding steroid dienone is 1. The molecule has 3 aliphatic rings. The Hall–Kier alpha value is -3.28. The highest BCUT2D eigenvalue weighted by atomic mass is 19.1. The third kappa shape index (κ3) is 2.86. The van der Waals surface area contributed by atoms with Crippen molar-refractivity contribution in [1.29, 1.82) is 0 Å². The van der Waals surface area contributed by atoms with Gasteiger partial charge < -0.3 is 31.9 Å². The number of rotatable bonds is 3. The van der Waals surface area contributed by atoms with Crippen LogP contribution in [0.15, 0.2) is 28.7 Å². The van der Waals surface area contributed by atoms with Crippen molar-refractivity contribution in [3.8, 4) is 5.75 Å². The molecule has 4 atom stereocenters. The molecule has 4 rings (SSSR count). The quantitative estimate of drug-likeness (QED) is 0.329. The second-order valence-corrected chi connectivity index (χ2v) is 8.89. The van der Waals surface area contributed by atoms with E-state index in [0.717, 1.165) is 6.07 Å². The number of amides is 1. The fourth-order valence-electron chi connectivity index (χ4n) is 5.50.